The molecule has 19 heavy (non-hydrogen) atoms. The van der Waals surface area contributed by atoms with Gasteiger partial charge in [0.15, 0.2) is 0 Å². The van der Waals surface area contributed by atoms with Gasteiger partial charge in [-0.05, 0) is 43.0 Å². The van der Waals surface area contributed by atoms with E-state index in [1.807, 2.05) is 0 Å². The highest BCUT2D eigenvalue weighted by Crippen LogP contribution is 2.29. The molecule has 0 aliphatic heterocycles. The highest BCUT2D eigenvalue weighted by molar-refractivity contribution is 9.10. The van der Waals surface area contributed by atoms with Crippen molar-refractivity contribution < 1.29 is 0 Å². The Morgan fingerprint density at radius 2 is 2.05 bits per heavy atom. The van der Waals surface area contributed by atoms with Crippen molar-refractivity contribution in [3.8, 4) is 0 Å². The van der Waals surface area contributed by atoms with E-state index < -0.39 is 0 Å². The van der Waals surface area contributed by atoms with Gasteiger partial charge in [-0.1, -0.05) is 67.6 Å². The summed E-state index contributed by atoms with van der Waals surface area (Å²) in [6.07, 6.45) is 6.65. The van der Waals surface area contributed by atoms with Crippen molar-refractivity contribution in [1.29, 1.82) is 0 Å². The minimum atomic E-state index is 0.629. The summed E-state index contributed by atoms with van der Waals surface area (Å²) < 4.78 is 1.19. The SMILES string of the molecule is CCCCC(CC)CC(CNC)c1cccc(Br)c1. The Bertz CT molecular complexity index is 351. The van der Waals surface area contributed by atoms with E-state index in [2.05, 4.69) is 66.4 Å². The zero-order chi connectivity index (χ0) is 14.1. The summed E-state index contributed by atoms with van der Waals surface area (Å²) >= 11 is 3.59. The maximum Gasteiger partial charge on any atom is 0.0178 e. The number of halogens is 1. The fraction of sp³-hybridized carbons (Fsp3) is 0.647. The van der Waals surface area contributed by atoms with Gasteiger partial charge < -0.3 is 5.32 Å². The van der Waals surface area contributed by atoms with Crippen LogP contribution < -0.4 is 5.32 Å². The Morgan fingerprint density at radius 3 is 2.63 bits per heavy atom. The molecule has 1 nitrogen and oxygen atoms in total. The number of nitrogens with one attached hydrogen (secondary N) is 1. The Kier molecular flexibility index (Phi) is 8.40. The Labute approximate surface area is 127 Å². The third kappa shape index (κ3) is 6.09. The third-order valence-electron chi connectivity index (χ3n) is 3.93. The first-order valence-electron chi connectivity index (χ1n) is 7.61. The minimum absolute atomic E-state index is 0.629. The van der Waals surface area contributed by atoms with Crippen molar-refractivity contribution >= 4 is 15.9 Å². The first-order chi connectivity index (χ1) is 9.21. The van der Waals surface area contributed by atoms with Crippen LogP contribution in [0.1, 0.15) is 57.4 Å². The molecule has 0 spiro atoms. The van der Waals surface area contributed by atoms with Gasteiger partial charge in [-0.3, -0.25) is 0 Å². The zero-order valence-electron chi connectivity index (χ0n) is 12.6. The number of hydrogen-bond acceptors (Lipinski definition) is 1. The van der Waals surface area contributed by atoms with Crippen LogP contribution in [0, 0.1) is 5.92 Å². The lowest BCUT2D eigenvalue weighted by molar-refractivity contribution is 0.380. The molecule has 0 fully saturated rings. The van der Waals surface area contributed by atoms with Gasteiger partial charge in [0.05, 0.1) is 0 Å². The highest BCUT2D eigenvalue weighted by Gasteiger charge is 2.16. The molecule has 0 bridgehead atoms. The van der Waals surface area contributed by atoms with Crippen LogP contribution in [0.25, 0.3) is 0 Å². The number of benzene rings is 1. The Balaban J connectivity index is 2.70. The molecule has 1 N–H and O–H groups in total. The Morgan fingerprint density at radius 1 is 1.26 bits per heavy atom. The summed E-state index contributed by atoms with van der Waals surface area (Å²) in [6, 6.07) is 8.79. The molecule has 1 rings (SSSR count). The molecule has 0 radical (unpaired) electrons. The van der Waals surface area contributed by atoms with E-state index in [0.717, 1.165) is 12.5 Å². The second kappa shape index (κ2) is 9.55. The summed E-state index contributed by atoms with van der Waals surface area (Å²) in [5.41, 5.74) is 1.46. The summed E-state index contributed by atoms with van der Waals surface area (Å²) in [6.45, 7) is 5.68. The van der Waals surface area contributed by atoms with Gasteiger partial charge in [0.2, 0.25) is 0 Å². The quantitative estimate of drug-likeness (QED) is 0.644. The molecular weight excluding hydrogens is 298 g/mol. The number of hydrogen-bond donors (Lipinski definition) is 1. The third-order valence-corrected chi connectivity index (χ3v) is 4.42. The molecule has 2 unspecified atom stereocenters. The lowest BCUT2D eigenvalue weighted by Crippen LogP contribution is -2.20. The van der Waals surface area contributed by atoms with E-state index >= 15 is 0 Å². The summed E-state index contributed by atoms with van der Waals surface area (Å²) in [5, 5.41) is 3.36. The first kappa shape index (κ1) is 16.7. The largest absolute Gasteiger partial charge is 0.319 e. The maximum atomic E-state index is 3.59. The van der Waals surface area contributed by atoms with Gasteiger partial charge in [0.1, 0.15) is 0 Å². The molecule has 108 valence electrons. The smallest absolute Gasteiger partial charge is 0.0178 e. The van der Waals surface area contributed by atoms with Crippen LogP contribution in [0.5, 0.6) is 0 Å². The van der Waals surface area contributed by atoms with Crippen LogP contribution in [0.15, 0.2) is 28.7 Å². The number of rotatable bonds is 9. The van der Waals surface area contributed by atoms with Gasteiger partial charge in [-0.2, -0.15) is 0 Å². The van der Waals surface area contributed by atoms with E-state index in [-0.39, 0.29) is 0 Å². The van der Waals surface area contributed by atoms with E-state index in [0.29, 0.717) is 5.92 Å². The molecule has 0 amide bonds. The predicted molar refractivity (Wildman–Crippen MR) is 88.7 cm³/mol. The highest BCUT2D eigenvalue weighted by atomic mass is 79.9. The van der Waals surface area contributed by atoms with Gasteiger partial charge in [0.25, 0.3) is 0 Å². The average Bonchev–Trinajstić information content (AvgIpc) is 2.42. The van der Waals surface area contributed by atoms with Crippen LogP contribution in [-0.4, -0.2) is 13.6 Å². The number of likely N-dealkylation sites (N-methyl/N-ethyl adjacent to an activating group) is 1. The summed E-state index contributed by atoms with van der Waals surface area (Å²) in [5.74, 6) is 1.49. The van der Waals surface area contributed by atoms with Gasteiger partial charge >= 0.3 is 0 Å². The van der Waals surface area contributed by atoms with Crippen molar-refractivity contribution in [2.75, 3.05) is 13.6 Å². The van der Waals surface area contributed by atoms with Gasteiger partial charge in [-0.25, -0.2) is 0 Å². The van der Waals surface area contributed by atoms with Crippen LogP contribution in [0.4, 0.5) is 0 Å². The molecular formula is C17H28BrN. The fourth-order valence-corrected chi connectivity index (χ4v) is 3.14. The van der Waals surface area contributed by atoms with Crippen molar-refractivity contribution in [2.45, 2.75) is 51.9 Å². The molecule has 0 aliphatic carbocycles. The molecule has 2 atom stereocenters. The molecule has 0 saturated carbocycles. The average molecular weight is 326 g/mol. The van der Waals surface area contributed by atoms with E-state index in [9.17, 15) is 0 Å². The molecule has 0 saturated heterocycles. The normalized spacial score (nSPS) is 14.3. The van der Waals surface area contributed by atoms with Crippen molar-refractivity contribution in [3.05, 3.63) is 34.3 Å². The molecule has 0 aromatic heterocycles. The number of unbranched alkanes of at least 4 members (excludes halogenated alkanes) is 1. The van der Waals surface area contributed by atoms with E-state index in [1.54, 1.807) is 0 Å². The second-order valence-corrected chi connectivity index (χ2v) is 6.38. The summed E-state index contributed by atoms with van der Waals surface area (Å²) in [7, 11) is 2.05. The molecule has 0 heterocycles. The molecule has 1 aromatic rings. The van der Waals surface area contributed by atoms with Gasteiger partial charge in [0, 0.05) is 11.0 Å². The van der Waals surface area contributed by atoms with Crippen molar-refractivity contribution in [3.63, 3.8) is 0 Å². The zero-order valence-corrected chi connectivity index (χ0v) is 14.2. The first-order valence-corrected chi connectivity index (χ1v) is 8.40. The maximum absolute atomic E-state index is 3.59. The van der Waals surface area contributed by atoms with E-state index in [4.69, 9.17) is 0 Å². The van der Waals surface area contributed by atoms with Crippen molar-refractivity contribution in [2.24, 2.45) is 5.92 Å². The van der Waals surface area contributed by atoms with Crippen LogP contribution >= 0.6 is 15.9 Å². The topological polar surface area (TPSA) is 12.0 Å². The van der Waals surface area contributed by atoms with Crippen LogP contribution in [0.2, 0.25) is 0 Å². The van der Waals surface area contributed by atoms with Crippen LogP contribution in [0.3, 0.4) is 0 Å². The minimum Gasteiger partial charge on any atom is -0.319 e. The molecule has 2 heteroatoms. The predicted octanol–water partition coefficient (Wildman–Crippen LogP) is 5.36. The molecule has 1 aromatic carbocycles. The van der Waals surface area contributed by atoms with E-state index in [1.165, 1.54) is 42.1 Å². The fourth-order valence-electron chi connectivity index (χ4n) is 2.73. The van der Waals surface area contributed by atoms with Gasteiger partial charge in [-0.15, -0.1) is 0 Å². The summed E-state index contributed by atoms with van der Waals surface area (Å²) in [4.78, 5) is 0. The second-order valence-electron chi connectivity index (χ2n) is 5.46. The lowest BCUT2D eigenvalue weighted by Gasteiger charge is -2.23. The Hall–Kier alpha value is -0.340. The molecule has 0 aliphatic rings. The van der Waals surface area contributed by atoms with Crippen LogP contribution in [-0.2, 0) is 0 Å². The monoisotopic (exact) mass is 325 g/mol. The standard InChI is InChI=1S/C17H28BrN/c1-4-6-8-14(5-2)11-16(13-19-3)15-9-7-10-17(18)12-15/h7,9-10,12,14,16,19H,4-6,8,11,13H2,1-3H3. The lowest BCUT2D eigenvalue weighted by atomic mass is 9.85. The van der Waals surface area contributed by atoms with Crippen molar-refractivity contribution in [1.82, 2.24) is 5.32 Å².